The van der Waals surface area contributed by atoms with Crippen molar-refractivity contribution in [3.8, 4) is 5.75 Å². The van der Waals surface area contributed by atoms with E-state index in [9.17, 15) is 14.4 Å². The van der Waals surface area contributed by atoms with E-state index in [1.54, 1.807) is 4.90 Å². The van der Waals surface area contributed by atoms with Gasteiger partial charge in [0, 0.05) is 26.1 Å². The average molecular weight is 415 g/mol. The van der Waals surface area contributed by atoms with Gasteiger partial charge in [-0.1, -0.05) is 6.07 Å². The highest BCUT2D eigenvalue weighted by Crippen LogP contribution is 2.43. The fourth-order valence-corrected chi connectivity index (χ4v) is 4.66. The van der Waals surface area contributed by atoms with Crippen molar-refractivity contribution in [2.45, 2.75) is 32.3 Å². The number of fused-ring (bicyclic) bond motifs is 1. The molecular weight excluding hydrogens is 386 g/mol. The number of nitrogens with zero attached hydrogens (tertiary/aromatic N) is 3. The highest BCUT2D eigenvalue weighted by molar-refractivity contribution is 6.02. The van der Waals surface area contributed by atoms with Gasteiger partial charge in [-0.2, -0.15) is 0 Å². The number of rotatable bonds is 4. The van der Waals surface area contributed by atoms with Crippen molar-refractivity contribution in [3.63, 3.8) is 0 Å². The zero-order valence-electron chi connectivity index (χ0n) is 17.8. The highest BCUT2D eigenvalue weighted by Gasteiger charge is 2.50. The second-order valence-electron chi connectivity index (χ2n) is 8.89. The predicted molar refractivity (Wildman–Crippen MR) is 110 cm³/mol. The standard InChI is InChI=1S/C22H29N3O5/c1-15-4-5-18-17(10-15)25(20(27)14-29-18)13-19(26)24-8-6-22(7-9-24)11-16(12-23(2)3)30-21(22)28/h4-5,10,16H,6-9,11-14H2,1-3H3. The Morgan fingerprint density at radius 2 is 1.97 bits per heavy atom. The fourth-order valence-electron chi connectivity index (χ4n) is 4.66. The summed E-state index contributed by atoms with van der Waals surface area (Å²) < 4.78 is 11.1. The van der Waals surface area contributed by atoms with Crippen molar-refractivity contribution < 1.29 is 23.9 Å². The summed E-state index contributed by atoms with van der Waals surface area (Å²) in [7, 11) is 3.93. The Bertz CT molecular complexity index is 860. The van der Waals surface area contributed by atoms with Crippen molar-refractivity contribution in [2.24, 2.45) is 5.41 Å². The van der Waals surface area contributed by atoms with Crippen molar-refractivity contribution in [1.29, 1.82) is 0 Å². The largest absolute Gasteiger partial charge is 0.482 e. The van der Waals surface area contributed by atoms with Crippen LogP contribution in [-0.4, -0.2) is 80.6 Å². The minimum atomic E-state index is -0.476. The lowest BCUT2D eigenvalue weighted by Gasteiger charge is -2.38. The first kappa shape index (κ1) is 20.7. The van der Waals surface area contributed by atoms with Gasteiger partial charge in [-0.25, -0.2) is 0 Å². The maximum Gasteiger partial charge on any atom is 0.312 e. The summed E-state index contributed by atoms with van der Waals surface area (Å²) in [6.45, 7) is 3.58. The number of carbonyl (C=O) groups excluding carboxylic acids is 3. The molecule has 162 valence electrons. The van der Waals surface area contributed by atoms with E-state index >= 15 is 0 Å². The Morgan fingerprint density at radius 3 is 2.67 bits per heavy atom. The fraction of sp³-hybridized carbons (Fsp3) is 0.591. The Balaban J connectivity index is 1.39. The lowest BCUT2D eigenvalue weighted by molar-refractivity contribution is -0.152. The zero-order chi connectivity index (χ0) is 21.5. The van der Waals surface area contributed by atoms with Crippen LogP contribution in [0, 0.1) is 12.3 Å². The number of ether oxygens (including phenoxy) is 2. The smallest absolute Gasteiger partial charge is 0.312 e. The molecule has 0 aromatic heterocycles. The molecule has 0 radical (unpaired) electrons. The number of likely N-dealkylation sites (tertiary alicyclic amines) is 1. The van der Waals surface area contributed by atoms with Gasteiger partial charge >= 0.3 is 5.97 Å². The van der Waals surface area contributed by atoms with E-state index in [0.717, 1.165) is 5.56 Å². The van der Waals surface area contributed by atoms with Gasteiger partial charge in [0.2, 0.25) is 5.91 Å². The number of carbonyl (C=O) groups is 3. The molecule has 3 heterocycles. The van der Waals surface area contributed by atoms with Crippen LogP contribution in [0.4, 0.5) is 5.69 Å². The Kier molecular flexibility index (Phi) is 5.44. The van der Waals surface area contributed by atoms with E-state index in [1.165, 1.54) is 4.90 Å². The summed E-state index contributed by atoms with van der Waals surface area (Å²) >= 11 is 0. The van der Waals surface area contributed by atoms with Crippen molar-refractivity contribution >= 4 is 23.5 Å². The van der Waals surface area contributed by atoms with Crippen molar-refractivity contribution in [2.75, 3.05) is 51.8 Å². The number of cyclic esters (lactones) is 1. The molecule has 3 aliphatic rings. The van der Waals surface area contributed by atoms with Gasteiger partial charge < -0.3 is 19.3 Å². The molecule has 2 fully saturated rings. The molecule has 2 saturated heterocycles. The van der Waals surface area contributed by atoms with Crippen molar-refractivity contribution in [3.05, 3.63) is 23.8 Å². The number of piperidine rings is 1. The van der Waals surface area contributed by atoms with Gasteiger partial charge in [0.25, 0.3) is 5.91 Å². The summed E-state index contributed by atoms with van der Waals surface area (Å²) in [5, 5.41) is 0. The minimum absolute atomic E-state index is 0.0145. The number of likely N-dealkylation sites (N-methyl/N-ethyl adjacent to an activating group) is 1. The SMILES string of the molecule is Cc1ccc2c(c1)N(CC(=O)N1CCC3(CC1)CC(CN(C)C)OC3=O)C(=O)CO2. The first-order chi connectivity index (χ1) is 14.3. The van der Waals surface area contributed by atoms with Crippen LogP contribution in [0.5, 0.6) is 5.75 Å². The molecule has 1 spiro atoms. The van der Waals surface area contributed by atoms with Gasteiger partial charge in [-0.05, 0) is 51.6 Å². The third-order valence-electron chi connectivity index (χ3n) is 6.32. The van der Waals surface area contributed by atoms with E-state index in [1.807, 2.05) is 44.1 Å². The van der Waals surface area contributed by atoms with Crippen LogP contribution in [0.2, 0.25) is 0 Å². The van der Waals surface area contributed by atoms with Crippen molar-refractivity contribution in [1.82, 2.24) is 9.80 Å². The zero-order valence-corrected chi connectivity index (χ0v) is 17.8. The summed E-state index contributed by atoms with van der Waals surface area (Å²) in [4.78, 5) is 43.2. The predicted octanol–water partition coefficient (Wildman–Crippen LogP) is 1.21. The van der Waals surface area contributed by atoms with Crippen LogP contribution in [0.15, 0.2) is 18.2 Å². The lowest BCUT2D eigenvalue weighted by atomic mass is 9.76. The topological polar surface area (TPSA) is 79.4 Å². The monoisotopic (exact) mass is 415 g/mol. The van der Waals surface area contributed by atoms with Crippen LogP contribution >= 0.6 is 0 Å². The molecule has 1 aromatic carbocycles. The van der Waals surface area contributed by atoms with Gasteiger partial charge in [0.05, 0.1) is 11.1 Å². The minimum Gasteiger partial charge on any atom is -0.482 e. The third kappa shape index (κ3) is 3.88. The first-order valence-electron chi connectivity index (χ1n) is 10.4. The molecule has 2 amide bonds. The second-order valence-corrected chi connectivity index (χ2v) is 8.89. The van der Waals surface area contributed by atoms with Gasteiger partial charge in [-0.3, -0.25) is 19.3 Å². The molecule has 8 heteroatoms. The van der Waals surface area contributed by atoms with E-state index < -0.39 is 5.41 Å². The number of aryl methyl sites for hydroxylation is 1. The molecule has 3 aliphatic heterocycles. The summed E-state index contributed by atoms with van der Waals surface area (Å²) in [6, 6.07) is 5.61. The summed E-state index contributed by atoms with van der Waals surface area (Å²) in [5.41, 5.74) is 1.16. The maximum atomic E-state index is 13.0. The molecule has 8 nitrogen and oxygen atoms in total. The molecule has 0 N–H and O–H groups in total. The molecule has 1 atom stereocenters. The normalized spacial score (nSPS) is 22.9. The Morgan fingerprint density at radius 1 is 1.23 bits per heavy atom. The highest BCUT2D eigenvalue weighted by atomic mass is 16.6. The number of hydrogen-bond donors (Lipinski definition) is 0. The molecule has 1 unspecified atom stereocenters. The van der Waals surface area contributed by atoms with E-state index in [0.29, 0.717) is 50.3 Å². The van der Waals surface area contributed by atoms with E-state index in [-0.39, 0.29) is 37.0 Å². The van der Waals surface area contributed by atoms with Gasteiger partial charge in [0.1, 0.15) is 18.4 Å². The van der Waals surface area contributed by atoms with Gasteiger partial charge in [0.15, 0.2) is 6.61 Å². The average Bonchev–Trinajstić information content (AvgIpc) is 2.98. The van der Waals surface area contributed by atoms with Crippen LogP contribution < -0.4 is 9.64 Å². The molecule has 30 heavy (non-hydrogen) atoms. The number of hydrogen-bond acceptors (Lipinski definition) is 6. The third-order valence-corrected chi connectivity index (χ3v) is 6.32. The summed E-state index contributed by atoms with van der Waals surface area (Å²) in [6.07, 6.45) is 1.84. The number of anilines is 1. The quantitative estimate of drug-likeness (QED) is 0.688. The molecule has 4 rings (SSSR count). The van der Waals surface area contributed by atoms with E-state index in [2.05, 4.69) is 0 Å². The van der Waals surface area contributed by atoms with Crippen LogP contribution in [-0.2, 0) is 19.1 Å². The second kappa shape index (κ2) is 7.91. The van der Waals surface area contributed by atoms with Crippen LogP contribution in [0.25, 0.3) is 0 Å². The molecule has 1 aromatic rings. The van der Waals surface area contributed by atoms with Gasteiger partial charge in [-0.15, -0.1) is 0 Å². The summed E-state index contributed by atoms with van der Waals surface area (Å²) in [5.74, 6) is 0.157. The number of benzene rings is 1. The van der Waals surface area contributed by atoms with Crippen LogP contribution in [0.3, 0.4) is 0 Å². The molecule has 0 bridgehead atoms. The van der Waals surface area contributed by atoms with Crippen LogP contribution in [0.1, 0.15) is 24.8 Å². The molecule has 0 saturated carbocycles. The maximum absolute atomic E-state index is 13.0. The number of esters is 1. The molecule has 0 aliphatic carbocycles. The first-order valence-corrected chi connectivity index (χ1v) is 10.4. The lowest BCUT2D eigenvalue weighted by Crippen LogP contribution is -2.50. The molecular formula is C22H29N3O5. The Hall–Kier alpha value is -2.61. The Labute approximate surface area is 176 Å². The van der Waals surface area contributed by atoms with E-state index in [4.69, 9.17) is 9.47 Å². The number of amides is 2.